The van der Waals surface area contributed by atoms with E-state index >= 15 is 0 Å². The van der Waals surface area contributed by atoms with Crippen molar-refractivity contribution >= 4 is 11.6 Å². The van der Waals surface area contributed by atoms with Crippen LogP contribution in [0, 0.1) is 0 Å². The number of anilines is 1. The fourth-order valence-electron chi connectivity index (χ4n) is 2.43. The van der Waals surface area contributed by atoms with Gasteiger partial charge >= 0.3 is 0 Å². The average Bonchev–Trinajstić information content (AvgIpc) is 2.72. The molecule has 1 aromatic carbocycles. The number of benzene rings is 1. The molecule has 0 radical (unpaired) electrons. The highest BCUT2D eigenvalue weighted by atomic mass is 16.5. The SMILES string of the molecule is COCCOc1ccc(NC(=O)Cn2nc(-c3ccccc3)ccc2=O)cn1. The van der Waals surface area contributed by atoms with Crippen molar-refractivity contribution < 1.29 is 14.3 Å². The third kappa shape index (κ3) is 5.24. The van der Waals surface area contributed by atoms with Crippen molar-refractivity contribution in [1.29, 1.82) is 0 Å². The van der Waals surface area contributed by atoms with Crippen molar-refractivity contribution in [2.75, 3.05) is 25.6 Å². The number of nitrogens with zero attached hydrogens (tertiary/aromatic N) is 3. The van der Waals surface area contributed by atoms with E-state index < -0.39 is 0 Å². The van der Waals surface area contributed by atoms with Gasteiger partial charge in [-0.3, -0.25) is 9.59 Å². The summed E-state index contributed by atoms with van der Waals surface area (Å²) in [4.78, 5) is 28.4. The molecule has 3 rings (SSSR count). The standard InChI is InChI=1S/C20H20N4O4/c1-27-11-12-28-19-9-7-16(13-21-19)22-18(25)14-24-20(26)10-8-17(23-24)15-5-3-2-4-6-15/h2-10,13H,11-12,14H2,1H3,(H,22,25). The van der Waals surface area contributed by atoms with Crippen LogP contribution in [0.5, 0.6) is 5.88 Å². The summed E-state index contributed by atoms with van der Waals surface area (Å²) in [6.07, 6.45) is 1.48. The molecule has 8 nitrogen and oxygen atoms in total. The number of hydrogen-bond donors (Lipinski definition) is 1. The van der Waals surface area contributed by atoms with Gasteiger partial charge in [0.15, 0.2) is 0 Å². The van der Waals surface area contributed by atoms with Gasteiger partial charge in [-0.25, -0.2) is 9.67 Å². The molecule has 0 atom stereocenters. The zero-order chi connectivity index (χ0) is 19.8. The minimum absolute atomic E-state index is 0.203. The second kappa shape index (κ2) is 9.43. The van der Waals surface area contributed by atoms with E-state index in [4.69, 9.17) is 9.47 Å². The molecule has 28 heavy (non-hydrogen) atoms. The fraction of sp³-hybridized carbons (Fsp3) is 0.200. The Bertz CT molecular complexity index is 972. The minimum atomic E-state index is -0.380. The summed E-state index contributed by atoms with van der Waals surface area (Å²) >= 11 is 0. The van der Waals surface area contributed by atoms with Gasteiger partial charge in [0.05, 0.1) is 24.2 Å². The second-order valence-corrected chi connectivity index (χ2v) is 5.86. The Morgan fingerprint density at radius 2 is 1.89 bits per heavy atom. The first-order chi connectivity index (χ1) is 13.7. The molecule has 0 aliphatic carbocycles. The maximum absolute atomic E-state index is 12.3. The lowest BCUT2D eigenvalue weighted by Crippen LogP contribution is -2.29. The first-order valence-corrected chi connectivity index (χ1v) is 8.67. The molecule has 144 valence electrons. The van der Waals surface area contributed by atoms with E-state index in [0.29, 0.717) is 30.5 Å². The lowest BCUT2D eigenvalue weighted by Gasteiger charge is -2.09. The molecule has 1 amide bonds. The predicted octanol–water partition coefficient (Wildman–Crippen LogP) is 1.97. The lowest BCUT2D eigenvalue weighted by atomic mass is 10.1. The summed E-state index contributed by atoms with van der Waals surface area (Å²) in [5.41, 5.74) is 1.63. The highest BCUT2D eigenvalue weighted by Gasteiger charge is 2.09. The van der Waals surface area contributed by atoms with Gasteiger partial charge in [-0.1, -0.05) is 30.3 Å². The van der Waals surface area contributed by atoms with Crippen LogP contribution in [0.4, 0.5) is 5.69 Å². The largest absolute Gasteiger partial charge is 0.475 e. The molecular formula is C20H20N4O4. The highest BCUT2D eigenvalue weighted by molar-refractivity contribution is 5.90. The number of aromatic nitrogens is 3. The van der Waals surface area contributed by atoms with Crippen LogP contribution in [0.3, 0.4) is 0 Å². The van der Waals surface area contributed by atoms with E-state index in [9.17, 15) is 9.59 Å². The van der Waals surface area contributed by atoms with Gasteiger partial charge in [-0.05, 0) is 12.1 Å². The summed E-state index contributed by atoms with van der Waals surface area (Å²) < 4.78 is 11.4. The summed E-state index contributed by atoms with van der Waals surface area (Å²) in [5, 5.41) is 6.97. The molecule has 0 saturated heterocycles. The molecule has 0 fully saturated rings. The number of methoxy groups -OCH3 is 1. The lowest BCUT2D eigenvalue weighted by molar-refractivity contribution is -0.117. The van der Waals surface area contributed by atoms with Crippen molar-refractivity contribution in [2.45, 2.75) is 6.54 Å². The number of rotatable bonds is 8. The monoisotopic (exact) mass is 380 g/mol. The molecule has 2 aromatic heterocycles. The van der Waals surface area contributed by atoms with Crippen LogP contribution in [-0.2, 0) is 16.1 Å². The molecule has 1 N–H and O–H groups in total. The van der Waals surface area contributed by atoms with Gasteiger partial charge in [-0.15, -0.1) is 0 Å². The van der Waals surface area contributed by atoms with E-state index in [1.807, 2.05) is 30.3 Å². The fourth-order valence-corrected chi connectivity index (χ4v) is 2.43. The molecular weight excluding hydrogens is 360 g/mol. The zero-order valence-corrected chi connectivity index (χ0v) is 15.4. The third-order valence-corrected chi connectivity index (χ3v) is 3.79. The molecule has 0 unspecified atom stereocenters. The number of hydrogen-bond acceptors (Lipinski definition) is 6. The van der Waals surface area contributed by atoms with Crippen LogP contribution in [0.2, 0.25) is 0 Å². The quantitative estimate of drug-likeness (QED) is 0.601. The average molecular weight is 380 g/mol. The smallest absolute Gasteiger partial charge is 0.267 e. The van der Waals surface area contributed by atoms with Gasteiger partial charge in [0.1, 0.15) is 13.2 Å². The van der Waals surface area contributed by atoms with Gasteiger partial charge in [0.25, 0.3) is 5.56 Å². The Kier molecular flexibility index (Phi) is 6.48. The Morgan fingerprint density at radius 1 is 1.07 bits per heavy atom. The number of pyridine rings is 1. The van der Waals surface area contributed by atoms with Gasteiger partial charge in [-0.2, -0.15) is 5.10 Å². The summed E-state index contributed by atoms with van der Waals surface area (Å²) in [6, 6.07) is 15.8. The van der Waals surface area contributed by atoms with E-state index in [1.54, 1.807) is 25.3 Å². The summed E-state index contributed by atoms with van der Waals surface area (Å²) in [5.74, 6) is 0.0539. The first-order valence-electron chi connectivity index (χ1n) is 8.67. The molecule has 0 bridgehead atoms. The Balaban J connectivity index is 1.64. The maximum atomic E-state index is 12.3. The molecule has 0 saturated carbocycles. The molecule has 0 aliphatic rings. The van der Waals surface area contributed by atoms with Crippen molar-refractivity contribution in [3.63, 3.8) is 0 Å². The zero-order valence-electron chi connectivity index (χ0n) is 15.4. The summed E-state index contributed by atoms with van der Waals surface area (Å²) in [7, 11) is 1.59. The van der Waals surface area contributed by atoms with E-state index in [-0.39, 0.29) is 18.0 Å². The molecule has 2 heterocycles. The second-order valence-electron chi connectivity index (χ2n) is 5.86. The number of carbonyl (C=O) groups is 1. The maximum Gasteiger partial charge on any atom is 0.267 e. The normalized spacial score (nSPS) is 10.5. The van der Waals surface area contributed by atoms with Crippen molar-refractivity contribution in [1.82, 2.24) is 14.8 Å². The van der Waals surface area contributed by atoms with Crippen LogP contribution in [0.15, 0.2) is 65.6 Å². The molecule has 3 aromatic rings. The third-order valence-electron chi connectivity index (χ3n) is 3.79. The van der Waals surface area contributed by atoms with Gasteiger partial charge < -0.3 is 14.8 Å². The van der Waals surface area contributed by atoms with E-state index in [0.717, 1.165) is 10.2 Å². The molecule has 8 heteroatoms. The van der Waals surface area contributed by atoms with Crippen LogP contribution >= 0.6 is 0 Å². The number of amides is 1. The molecule has 0 spiro atoms. The first kappa shape index (κ1) is 19.2. The highest BCUT2D eigenvalue weighted by Crippen LogP contribution is 2.14. The topological polar surface area (TPSA) is 95.3 Å². The minimum Gasteiger partial charge on any atom is -0.475 e. The Hall–Kier alpha value is -3.52. The van der Waals surface area contributed by atoms with Crippen LogP contribution in [-0.4, -0.2) is 41.0 Å². The van der Waals surface area contributed by atoms with Crippen LogP contribution in [0.25, 0.3) is 11.3 Å². The number of carbonyl (C=O) groups excluding carboxylic acids is 1. The van der Waals surface area contributed by atoms with Crippen LogP contribution in [0.1, 0.15) is 0 Å². The van der Waals surface area contributed by atoms with Crippen molar-refractivity contribution in [2.24, 2.45) is 0 Å². The number of nitrogens with one attached hydrogen (secondary N) is 1. The van der Waals surface area contributed by atoms with Crippen molar-refractivity contribution in [3.05, 3.63) is 71.1 Å². The van der Waals surface area contributed by atoms with Crippen LogP contribution < -0.4 is 15.6 Å². The number of ether oxygens (including phenoxy) is 2. The Morgan fingerprint density at radius 3 is 2.61 bits per heavy atom. The summed E-state index contributed by atoms with van der Waals surface area (Å²) in [6.45, 7) is 0.650. The van der Waals surface area contributed by atoms with Crippen molar-refractivity contribution in [3.8, 4) is 17.1 Å². The van der Waals surface area contributed by atoms with Gasteiger partial charge in [0.2, 0.25) is 11.8 Å². The molecule has 0 aliphatic heterocycles. The van der Waals surface area contributed by atoms with E-state index in [1.165, 1.54) is 12.3 Å². The predicted molar refractivity (Wildman–Crippen MR) is 104 cm³/mol. The Labute approximate surface area is 161 Å². The van der Waals surface area contributed by atoms with E-state index in [2.05, 4.69) is 15.4 Å². The van der Waals surface area contributed by atoms with Gasteiger partial charge in [0, 0.05) is 24.8 Å².